The molecule has 4 aromatic rings. The van der Waals surface area contributed by atoms with Gasteiger partial charge in [0, 0.05) is 42.6 Å². The molecule has 3 N–H and O–H groups in total. The molecule has 0 unspecified atom stereocenters. The van der Waals surface area contributed by atoms with Crippen molar-refractivity contribution in [2.24, 2.45) is 0 Å². The maximum Gasteiger partial charge on any atom is 0.252 e. The van der Waals surface area contributed by atoms with Gasteiger partial charge in [0.25, 0.3) is 5.91 Å². The highest BCUT2D eigenvalue weighted by molar-refractivity contribution is 6.00. The Bertz CT molecular complexity index is 1270. The molecule has 5 rings (SSSR count). The van der Waals surface area contributed by atoms with E-state index in [1.165, 1.54) is 0 Å². The highest BCUT2D eigenvalue weighted by Gasteiger charge is 2.30. The third-order valence-corrected chi connectivity index (χ3v) is 6.30. The molecule has 1 fully saturated rings. The molecule has 0 aliphatic carbocycles. The van der Waals surface area contributed by atoms with Crippen LogP contribution in [0.5, 0.6) is 0 Å². The molecule has 180 valence electrons. The molecule has 2 aromatic carbocycles. The molecule has 1 saturated heterocycles. The monoisotopic (exact) mass is 489 g/mol. The Labute approximate surface area is 210 Å². The standard InChI is InChI=1S/C27H27N5O2.ClH/c33-26(21-10-9-19-11-15-28-23(19)18-21)31-25(20-6-2-1-3-7-20)27(34)32-16-12-22(13-17-32)30-24-8-4-5-14-29-24;/h1-11,14-15,18,22,25,28H,12-13,16-17H2,(H,29,30)(H,31,33);1H/t25-;/m1./s1. The van der Waals surface area contributed by atoms with Crippen LogP contribution in [0.25, 0.3) is 10.9 Å². The van der Waals surface area contributed by atoms with Crippen molar-refractivity contribution in [3.8, 4) is 0 Å². The van der Waals surface area contributed by atoms with Crippen LogP contribution >= 0.6 is 12.4 Å². The molecule has 0 bridgehead atoms. The molecule has 2 aromatic heterocycles. The summed E-state index contributed by atoms with van der Waals surface area (Å²) in [5.41, 5.74) is 2.18. The lowest BCUT2D eigenvalue weighted by Gasteiger charge is -2.35. The Hall–Kier alpha value is -3.84. The van der Waals surface area contributed by atoms with Gasteiger partial charge in [-0.1, -0.05) is 42.5 Å². The second-order valence-corrected chi connectivity index (χ2v) is 8.56. The van der Waals surface area contributed by atoms with Crippen molar-refractivity contribution in [1.29, 1.82) is 0 Å². The molecule has 0 saturated carbocycles. The summed E-state index contributed by atoms with van der Waals surface area (Å²) < 4.78 is 0. The topological polar surface area (TPSA) is 90.1 Å². The highest BCUT2D eigenvalue weighted by atomic mass is 35.5. The molecule has 1 atom stereocenters. The predicted octanol–water partition coefficient (Wildman–Crippen LogP) is 4.56. The van der Waals surface area contributed by atoms with Crippen molar-refractivity contribution in [3.05, 3.63) is 96.3 Å². The van der Waals surface area contributed by atoms with E-state index in [-0.39, 0.29) is 30.3 Å². The van der Waals surface area contributed by atoms with Crippen LogP contribution in [0.1, 0.15) is 34.8 Å². The number of hydrogen-bond donors (Lipinski definition) is 3. The Morgan fingerprint density at radius 1 is 0.971 bits per heavy atom. The van der Waals surface area contributed by atoms with E-state index in [0.29, 0.717) is 18.7 Å². The maximum absolute atomic E-state index is 13.6. The predicted molar refractivity (Wildman–Crippen MR) is 140 cm³/mol. The summed E-state index contributed by atoms with van der Waals surface area (Å²) in [6.07, 6.45) is 5.25. The largest absolute Gasteiger partial charge is 0.367 e. The number of hydrogen-bond acceptors (Lipinski definition) is 4. The fraction of sp³-hybridized carbons (Fsp3) is 0.222. The van der Waals surface area contributed by atoms with Gasteiger partial charge in [-0.05, 0) is 54.1 Å². The van der Waals surface area contributed by atoms with Gasteiger partial charge in [-0.3, -0.25) is 9.59 Å². The summed E-state index contributed by atoms with van der Waals surface area (Å²) in [4.78, 5) is 36.0. The van der Waals surface area contributed by atoms with Crippen LogP contribution in [0.2, 0.25) is 0 Å². The first kappa shape index (κ1) is 24.3. The third kappa shape index (κ3) is 5.63. The Morgan fingerprint density at radius 3 is 2.49 bits per heavy atom. The quantitative estimate of drug-likeness (QED) is 0.370. The van der Waals surface area contributed by atoms with Crippen LogP contribution in [0.3, 0.4) is 0 Å². The molecular formula is C27H28ClN5O2. The number of piperidine rings is 1. The summed E-state index contributed by atoms with van der Waals surface area (Å²) in [7, 11) is 0. The minimum Gasteiger partial charge on any atom is -0.367 e. The Balaban J connectivity index is 0.00000289. The van der Waals surface area contributed by atoms with E-state index in [9.17, 15) is 9.59 Å². The zero-order chi connectivity index (χ0) is 23.3. The summed E-state index contributed by atoms with van der Waals surface area (Å²) >= 11 is 0. The van der Waals surface area contributed by atoms with E-state index >= 15 is 0 Å². The highest BCUT2D eigenvalue weighted by Crippen LogP contribution is 2.22. The van der Waals surface area contributed by atoms with Gasteiger partial charge in [0.05, 0.1) is 0 Å². The Morgan fingerprint density at radius 2 is 1.74 bits per heavy atom. The number of anilines is 1. The number of likely N-dealkylation sites (tertiary alicyclic amines) is 1. The van der Waals surface area contributed by atoms with Crippen LogP contribution in [-0.2, 0) is 4.79 Å². The van der Waals surface area contributed by atoms with Crippen LogP contribution in [-0.4, -0.2) is 45.8 Å². The number of fused-ring (bicyclic) bond motifs is 1. The minimum absolute atomic E-state index is 0. The molecule has 35 heavy (non-hydrogen) atoms. The van der Waals surface area contributed by atoms with Crippen molar-refractivity contribution < 1.29 is 9.59 Å². The fourth-order valence-corrected chi connectivity index (χ4v) is 4.42. The fourth-order valence-electron chi connectivity index (χ4n) is 4.42. The van der Waals surface area contributed by atoms with E-state index in [4.69, 9.17) is 0 Å². The van der Waals surface area contributed by atoms with E-state index < -0.39 is 6.04 Å². The molecule has 3 heterocycles. The minimum atomic E-state index is -0.742. The van der Waals surface area contributed by atoms with Gasteiger partial charge in [-0.15, -0.1) is 12.4 Å². The molecule has 8 heteroatoms. The van der Waals surface area contributed by atoms with Gasteiger partial charge in [0.2, 0.25) is 5.91 Å². The maximum atomic E-state index is 13.6. The van der Waals surface area contributed by atoms with Gasteiger partial charge < -0.3 is 20.5 Å². The van der Waals surface area contributed by atoms with Gasteiger partial charge in [-0.25, -0.2) is 4.98 Å². The number of pyridine rings is 1. The number of aromatic nitrogens is 2. The molecule has 0 spiro atoms. The second kappa shape index (κ2) is 11.1. The molecule has 7 nitrogen and oxygen atoms in total. The number of carbonyl (C=O) groups is 2. The molecule has 0 radical (unpaired) electrons. The van der Waals surface area contributed by atoms with Gasteiger partial charge in [0.1, 0.15) is 11.9 Å². The number of nitrogens with one attached hydrogen (secondary N) is 3. The summed E-state index contributed by atoms with van der Waals surface area (Å²) in [5.74, 6) is 0.489. The lowest BCUT2D eigenvalue weighted by Crippen LogP contribution is -2.48. The number of rotatable bonds is 6. The number of nitrogens with zero attached hydrogens (tertiary/aromatic N) is 2. The van der Waals surface area contributed by atoms with Gasteiger partial charge in [-0.2, -0.15) is 0 Å². The van der Waals surface area contributed by atoms with Gasteiger partial charge >= 0.3 is 0 Å². The first-order chi connectivity index (χ1) is 16.7. The Kier molecular flexibility index (Phi) is 7.67. The number of halogens is 1. The molecule has 2 amide bonds. The summed E-state index contributed by atoms with van der Waals surface area (Å²) in [5, 5.41) is 7.47. The van der Waals surface area contributed by atoms with Crippen molar-refractivity contribution in [2.75, 3.05) is 18.4 Å². The van der Waals surface area contributed by atoms with Crippen molar-refractivity contribution in [3.63, 3.8) is 0 Å². The van der Waals surface area contributed by atoms with Crippen molar-refractivity contribution in [1.82, 2.24) is 20.2 Å². The average molecular weight is 490 g/mol. The van der Waals surface area contributed by atoms with Crippen LogP contribution in [0.15, 0.2) is 85.2 Å². The molecular weight excluding hydrogens is 462 g/mol. The van der Waals surface area contributed by atoms with E-state index in [1.807, 2.05) is 77.8 Å². The number of benzene rings is 2. The number of aromatic amines is 1. The van der Waals surface area contributed by atoms with Gasteiger partial charge in [0.15, 0.2) is 0 Å². The normalized spacial score (nSPS) is 14.7. The lowest BCUT2D eigenvalue weighted by molar-refractivity contribution is -0.134. The first-order valence-corrected chi connectivity index (χ1v) is 11.6. The van der Waals surface area contributed by atoms with Crippen LogP contribution < -0.4 is 10.6 Å². The van der Waals surface area contributed by atoms with Crippen LogP contribution in [0.4, 0.5) is 5.82 Å². The number of carbonyl (C=O) groups excluding carboxylic acids is 2. The van der Waals surface area contributed by atoms with Crippen molar-refractivity contribution in [2.45, 2.75) is 24.9 Å². The lowest BCUT2D eigenvalue weighted by atomic mass is 10.0. The molecule has 1 aliphatic heterocycles. The number of H-pyrrole nitrogens is 1. The average Bonchev–Trinajstić information content (AvgIpc) is 3.36. The number of amides is 2. The third-order valence-electron chi connectivity index (χ3n) is 6.30. The second-order valence-electron chi connectivity index (χ2n) is 8.56. The van der Waals surface area contributed by atoms with E-state index in [2.05, 4.69) is 20.6 Å². The first-order valence-electron chi connectivity index (χ1n) is 11.6. The zero-order valence-electron chi connectivity index (χ0n) is 19.2. The zero-order valence-corrected chi connectivity index (χ0v) is 20.0. The molecule has 1 aliphatic rings. The van der Waals surface area contributed by atoms with Crippen molar-refractivity contribution >= 4 is 40.9 Å². The summed E-state index contributed by atoms with van der Waals surface area (Å²) in [6.45, 7) is 1.24. The smallest absolute Gasteiger partial charge is 0.252 e. The van der Waals surface area contributed by atoms with E-state index in [1.54, 1.807) is 12.3 Å². The summed E-state index contributed by atoms with van der Waals surface area (Å²) in [6, 6.07) is 22.2. The SMILES string of the molecule is Cl.O=C(N[C@@H](C(=O)N1CCC(Nc2ccccn2)CC1)c1ccccc1)c1ccc2cc[nH]c2c1. The van der Waals surface area contributed by atoms with Crippen LogP contribution in [0, 0.1) is 0 Å². The van der Waals surface area contributed by atoms with E-state index in [0.717, 1.165) is 35.1 Å².